The second-order valence-corrected chi connectivity index (χ2v) is 3.38. The maximum atomic E-state index is 11.6. The van der Waals surface area contributed by atoms with Crippen LogP contribution in [0.25, 0.3) is 0 Å². The Kier molecular flexibility index (Phi) is 3.14. The Hall–Kier alpha value is -1.36. The summed E-state index contributed by atoms with van der Waals surface area (Å²) in [5.41, 5.74) is -1.59. The van der Waals surface area contributed by atoms with Crippen LogP contribution in [-0.2, 0) is 19.1 Å². The first kappa shape index (κ1) is 11.7. The van der Waals surface area contributed by atoms with Gasteiger partial charge in [-0.15, -0.1) is 0 Å². The van der Waals surface area contributed by atoms with Crippen LogP contribution in [-0.4, -0.2) is 35.4 Å². The smallest absolute Gasteiger partial charge is 0.354 e. The van der Waals surface area contributed by atoms with Crippen molar-refractivity contribution in [2.45, 2.75) is 32.5 Å². The van der Waals surface area contributed by atoms with Crippen LogP contribution in [0.2, 0.25) is 0 Å². The molecule has 0 saturated carbocycles. The van der Waals surface area contributed by atoms with E-state index < -0.39 is 23.6 Å². The lowest BCUT2D eigenvalue weighted by Crippen LogP contribution is -2.49. The maximum absolute atomic E-state index is 11.6. The van der Waals surface area contributed by atoms with Crippen molar-refractivity contribution in [3.05, 3.63) is 11.6 Å². The molecule has 0 aliphatic carbocycles. The van der Waals surface area contributed by atoms with E-state index >= 15 is 0 Å². The third-order valence-corrected chi connectivity index (χ3v) is 2.27. The van der Waals surface area contributed by atoms with Gasteiger partial charge in [0, 0.05) is 0 Å². The molecular weight excluding hydrogens is 200 g/mol. The largest absolute Gasteiger partial charge is 0.478 e. The van der Waals surface area contributed by atoms with Crippen LogP contribution < -0.4 is 0 Å². The van der Waals surface area contributed by atoms with Crippen molar-refractivity contribution >= 4 is 11.9 Å². The molecule has 0 aromatic carbocycles. The quantitative estimate of drug-likeness (QED) is 0.426. The molecule has 2 atom stereocenters. The second kappa shape index (κ2) is 4.02. The average Bonchev–Trinajstić information content (AvgIpc) is 2.42. The first-order valence-electron chi connectivity index (χ1n) is 4.72. The van der Waals surface area contributed by atoms with Crippen LogP contribution in [0.3, 0.4) is 0 Å². The minimum atomic E-state index is -1.95. The molecule has 1 N–H and O–H groups in total. The van der Waals surface area contributed by atoms with Gasteiger partial charge < -0.3 is 14.6 Å². The highest BCUT2D eigenvalue weighted by Crippen LogP contribution is 2.32. The molecule has 0 amide bonds. The molecule has 15 heavy (non-hydrogen) atoms. The number of carboxylic acid groups (broad SMARTS) is 1. The summed E-state index contributed by atoms with van der Waals surface area (Å²) in [4.78, 5) is 22.7. The number of carbonyl (C=O) groups excluding carboxylic acids is 1. The van der Waals surface area contributed by atoms with E-state index in [2.05, 4.69) is 0 Å². The minimum absolute atomic E-state index is 0.124. The van der Waals surface area contributed by atoms with Crippen molar-refractivity contribution in [3.63, 3.8) is 0 Å². The Balaban J connectivity index is 3.07. The average molecular weight is 214 g/mol. The molecule has 0 saturated heterocycles. The summed E-state index contributed by atoms with van der Waals surface area (Å²) in [5.74, 6) is -2.20. The van der Waals surface area contributed by atoms with Gasteiger partial charge in [0.05, 0.1) is 12.7 Å². The number of carboxylic acids is 1. The first-order valence-corrected chi connectivity index (χ1v) is 4.72. The van der Waals surface area contributed by atoms with Gasteiger partial charge >= 0.3 is 11.9 Å². The Morgan fingerprint density at radius 2 is 2.27 bits per heavy atom. The number of ether oxygens (including phenoxy) is 2. The highest BCUT2D eigenvalue weighted by atomic mass is 16.6. The summed E-state index contributed by atoms with van der Waals surface area (Å²) < 4.78 is 9.89. The summed E-state index contributed by atoms with van der Waals surface area (Å²) in [6, 6.07) is 0. The maximum Gasteiger partial charge on any atom is 0.354 e. The van der Waals surface area contributed by atoms with E-state index in [1.807, 2.05) is 0 Å². The molecule has 0 bridgehead atoms. The van der Waals surface area contributed by atoms with E-state index in [1.54, 1.807) is 26.8 Å². The van der Waals surface area contributed by atoms with Crippen LogP contribution in [0, 0.1) is 0 Å². The molecular formula is C10H14O5. The highest BCUT2D eigenvalue weighted by molar-refractivity contribution is 6.07. The molecule has 84 valence electrons. The standard InChI is InChI=1S/C10H14O5/c1-4-14-9(13)10(8(11)12)6(2)5-7(3)15-10/h5,7H,4H2,1-3H3,(H,11,12). The van der Waals surface area contributed by atoms with Crippen molar-refractivity contribution in [3.8, 4) is 0 Å². The zero-order chi connectivity index (χ0) is 11.6. The summed E-state index contributed by atoms with van der Waals surface area (Å²) in [5, 5.41) is 9.08. The number of rotatable bonds is 3. The molecule has 0 aromatic rings. The van der Waals surface area contributed by atoms with Crippen LogP contribution >= 0.6 is 0 Å². The van der Waals surface area contributed by atoms with E-state index in [0.717, 1.165) is 0 Å². The predicted molar refractivity (Wildman–Crippen MR) is 51.3 cm³/mol. The number of carbonyl (C=O) groups is 2. The molecule has 1 aliphatic heterocycles. The highest BCUT2D eigenvalue weighted by Gasteiger charge is 2.54. The molecule has 0 spiro atoms. The predicted octanol–water partition coefficient (Wildman–Crippen LogP) is 0.738. The second-order valence-electron chi connectivity index (χ2n) is 3.38. The molecule has 1 aliphatic rings. The lowest BCUT2D eigenvalue weighted by Gasteiger charge is -2.24. The zero-order valence-corrected chi connectivity index (χ0v) is 8.94. The van der Waals surface area contributed by atoms with Gasteiger partial charge in [-0.25, -0.2) is 9.59 Å². The van der Waals surface area contributed by atoms with Gasteiger partial charge in [-0.1, -0.05) is 6.08 Å². The van der Waals surface area contributed by atoms with Crippen molar-refractivity contribution in [1.29, 1.82) is 0 Å². The van der Waals surface area contributed by atoms with Gasteiger partial charge in [0.1, 0.15) is 0 Å². The topological polar surface area (TPSA) is 72.8 Å². The molecule has 0 aromatic heterocycles. The Labute approximate surface area is 87.7 Å². The Morgan fingerprint density at radius 3 is 2.60 bits per heavy atom. The van der Waals surface area contributed by atoms with Gasteiger partial charge in [-0.3, -0.25) is 0 Å². The summed E-state index contributed by atoms with van der Waals surface area (Å²) >= 11 is 0. The lowest BCUT2D eigenvalue weighted by atomic mass is 9.96. The van der Waals surface area contributed by atoms with Crippen LogP contribution in [0.4, 0.5) is 0 Å². The Morgan fingerprint density at radius 1 is 1.67 bits per heavy atom. The molecule has 2 unspecified atom stereocenters. The van der Waals surface area contributed by atoms with Gasteiger partial charge in [0.2, 0.25) is 0 Å². The van der Waals surface area contributed by atoms with Gasteiger partial charge in [0.25, 0.3) is 5.60 Å². The minimum Gasteiger partial charge on any atom is -0.478 e. The fraction of sp³-hybridized carbons (Fsp3) is 0.600. The van der Waals surface area contributed by atoms with E-state index in [-0.39, 0.29) is 6.61 Å². The molecule has 5 nitrogen and oxygen atoms in total. The van der Waals surface area contributed by atoms with Crippen molar-refractivity contribution in [1.82, 2.24) is 0 Å². The van der Waals surface area contributed by atoms with Crippen molar-refractivity contribution < 1.29 is 24.2 Å². The Bertz CT molecular complexity index is 320. The number of esters is 1. The summed E-state index contributed by atoms with van der Waals surface area (Å²) in [6.07, 6.45) is 1.20. The summed E-state index contributed by atoms with van der Waals surface area (Å²) in [6.45, 7) is 4.96. The van der Waals surface area contributed by atoms with Crippen molar-refractivity contribution in [2.75, 3.05) is 6.61 Å². The zero-order valence-electron chi connectivity index (χ0n) is 8.94. The SMILES string of the molecule is CCOC(=O)C1(C(=O)O)OC(C)C=C1C. The third-order valence-electron chi connectivity index (χ3n) is 2.27. The van der Waals surface area contributed by atoms with Crippen LogP contribution in [0.15, 0.2) is 11.6 Å². The third kappa shape index (κ3) is 1.74. The van der Waals surface area contributed by atoms with E-state index in [0.29, 0.717) is 5.57 Å². The van der Waals surface area contributed by atoms with Gasteiger partial charge in [0.15, 0.2) is 0 Å². The molecule has 5 heteroatoms. The lowest BCUT2D eigenvalue weighted by molar-refractivity contribution is -0.181. The molecule has 0 radical (unpaired) electrons. The van der Waals surface area contributed by atoms with Gasteiger partial charge in [-0.2, -0.15) is 0 Å². The number of hydrogen-bond donors (Lipinski definition) is 1. The fourth-order valence-electron chi connectivity index (χ4n) is 1.62. The molecule has 1 rings (SSSR count). The van der Waals surface area contributed by atoms with E-state index in [1.165, 1.54) is 0 Å². The van der Waals surface area contributed by atoms with Crippen LogP contribution in [0.1, 0.15) is 20.8 Å². The van der Waals surface area contributed by atoms with Gasteiger partial charge in [-0.05, 0) is 26.3 Å². The molecule has 1 heterocycles. The molecule has 0 fully saturated rings. The number of aliphatic carboxylic acids is 1. The first-order chi connectivity index (χ1) is 6.95. The monoisotopic (exact) mass is 214 g/mol. The van der Waals surface area contributed by atoms with E-state index in [4.69, 9.17) is 14.6 Å². The van der Waals surface area contributed by atoms with E-state index in [9.17, 15) is 9.59 Å². The normalized spacial score (nSPS) is 29.8. The fourth-order valence-corrected chi connectivity index (χ4v) is 1.62. The van der Waals surface area contributed by atoms with Crippen LogP contribution in [0.5, 0.6) is 0 Å². The number of hydrogen-bond acceptors (Lipinski definition) is 4. The van der Waals surface area contributed by atoms with Crippen molar-refractivity contribution in [2.24, 2.45) is 0 Å². The summed E-state index contributed by atoms with van der Waals surface area (Å²) in [7, 11) is 0.